The van der Waals surface area contributed by atoms with Gasteiger partial charge in [-0.05, 0) is 30.4 Å². The molecule has 1 heterocycles. The summed E-state index contributed by atoms with van der Waals surface area (Å²) in [7, 11) is 0. The Morgan fingerprint density at radius 3 is 2.00 bits per heavy atom. The van der Waals surface area contributed by atoms with Crippen LogP contribution in [0, 0.1) is 18.8 Å². The highest BCUT2D eigenvalue weighted by atomic mass is 16.6. The van der Waals surface area contributed by atoms with E-state index in [1.165, 1.54) is 31.2 Å². The lowest BCUT2D eigenvalue weighted by atomic mass is 9.89. The van der Waals surface area contributed by atoms with Crippen molar-refractivity contribution >= 4 is 17.7 Å². The van der Waals surface area contributed by atoms with Gasteiger partial charge in [0.2, 0.25) is 5.91 Å². The normalized spacial score (nSPS) is 16.3. The van der Waals surface area contributed by atoms with E-state index < -0.39 is 17.9 Å². The van der Waals surface area contributed by atoms with E-state index in [0.29, 0.717) is 0 Å². The molecule has 0 aromatic heterocycles. The van der Waals surface area contributed by atoms with Crippen molar-refractivity contribution in [3.63, 3.8) is 0 Å². The van der Waals surface area contributed by atoms with E-state index in [1.54, 1.807) is 0 Å². The van der Waals surface area contributed by atoms with Gasteiger partial charge < -0.3 is 10.5 Å². The molecule has 36 heavy (non-hydrogen) atoms. The quantitative estimate of drug-likeness (QED) is 0.363. The van der Waals surface area contributed by atoms with Crippen LogP contribution >= 0.6 is 0 Å². The molecule has 1 saturated heterocycles. The van der Waals surface area contributed by atoms with Crippen LogP contribution in [-0.4, -0.2) is 17.7 Å². The molecule has 2 N–H and O–H groups in total. The average Bonchev–Trinajstić information content (AvgIpc) is 3.26. The Balaban J connectivity index is 0.000000333. The fraction of sp³-hybridized carbons (Fsp3) is 0.516. The molecule has 0 aliphatic carbocycles. The zero-order valence-corrected chi connectivity index (χ0v) is 22.8. The number of hydrogen-bond donors (Lipinski definition) is 1. The molecule has 2 aromatic rings. The smallest absolute Gasteiger partial charge is 0.307 e. The number of primary amides is 1. The van der Waals surface area contributed by atoms with Crippen LogP contribution < -0.4 is 5.73 Å². The largest absolute Gasteiger partial charge is 0.457 e. The summed E-state index contributed by atoms with van der Waals surface area (Å²) in [4.78, 5) is 34.3. The first-order chi connectivity index (χ1) is 17.2. The van der Waals surface area contributed by atoms with Gasteiger partial charge in [0, 0.05) is 12.8 Å². The fourth-order valence-electron chi connectivity index (χ4n) is 4.17. The first-order valence-corrected chi connectivity index (χ1v) is 13.3. The van der Waals surface area contributed by atoms with Crippen LogP contribution in [0.1, 0.15) is 95.4 Å². The number of carbonyl (C=O) groups is 3. The number of cyclic esters (lactones) is 1. The zero-order valence-electron chi connectivity index (χ0n) is 22.8. The third-order valence-corrected chi connectivity index (χ3v) is 6.26. The van der Waals surface area contributed by atoms with E-state index in [0.717, 1.165) is 23.5 Å². The standard InChI is InChI=1S/C15H17NO4.C8H10.C8H18/c1-9-2-4-10(5-3-9)15-11(8-14(19)20-15)12(17)6-7-13(16)18;1-2-8-6-4-3-5-7-8;1-4-6-8(3)7-5-2/h2-5,11,15H,6-8H2,1H3,(H2,16,18);3-7H,2H2,1H3;8H,4-7H2,1-3H3/t11-,15-;;/m0../s1. The van der Waals surface area contributed by atoms with E-state index in [9.17, 15) is 14.4 Å². The van der Waals surface area contributed by atoms with Crippen molar-refractivity contribution in [2.75, 3.05) is 0 Å². The fourth-order valence-corrected chi connectivity index (χ4v) is 4.17. The van der Waals surface area contributed by atoms with Crippen LogP contribution in [0.5, 0.6) is 0 Å². The van der Waals surface area contributed by atoms with Gasteiger partial charge in [0.25, 0.3) is 0 Å². The second-order valence-corrected chi connectivity index (χ2v) is 9.59. The van der Waals surface area contributed by atoms with Crippen molar-refractivity contribution < 1.29 is 19.1 Å². The molecule has 2 aromatic carbocycles. The topological polar surface area (TPSA) is 86.5 Å². The molecule has 0 saturated carbocycles. The van der Waals surface area contributed by atoms with Crippen molar-refractivity contribution in [1.82, 2.24) is 0 Å². The summed E-state index contributed by atoms with van der Waals surface area (Å²) >= 11 is 0. The lowest BCUT2D eigenvalue weighted by molar-refractivity contribution is -0.142. The molecule has 0 radical (unpaired) electrons. The highest BCUT2D eigenvalue weighted by Crippen LogP contribution is 2.36. The van der Waals surface area contributed by atoms with Gasteiger partial charge in [0.15, 0.2) is 0 Å². The van der Waals surface area contributed by atoms with Gasteiger partial charge in [-0.2, -0.15) is 0 Å². The molecule has 0 unspecified atom stereocenters. The molecule has 5 heteroatoms. The number of carbonyl (C=O) groups excluding carboxylic acids is 3. The minimum atomic E-state index is -0.552. The minimum Gasteiger partial charge on any atom is -0.457 e. The van der Waals surface area contributed by atoms with Crippen LogP contribution in [0.4, 0.5) is 0 Å². The highest BCUT2D eigenvalue weighted by Gasteiger charge is 2.40. The first-order valence-electron chi connectivity index (χ1n) is 13.3. The molecule has 1 aliphatic rings. The van der Waals surface area contributed by atoms with E-state index in [2.05, 4.69) is 52.0 Å². The van der Waals surface area contributed by atoms with Gasteiger partial charge in [-0.25, -0.2) is 0 Å². The second kappa shape index (κ2) is 17.5. The summed E-state index contributed by atoms with van der Waals surface area (Å²) in [5.74, 6) is -0.613. The van der Waals surface area contributed by atoms with Crippen molar-refractivity contribution in [3.8, 4) is 0 Å². The van der Waals surface area contributed by atoms with E-state index in [-0.39, 0.29) is 31.0 Å². The summed E-state index contributed by atoms with van der Waals surface area (Å²) in [5.41, 5.74) is 8.35. The number of hydrogen-bond acceptors (Lipinski definition) is 4. The maximum Gasteiger partial charge on any atom is 0.307 e. The Morgan fingerprint density at radius 1 is 0.944 bits per heavy atom. The molecule has 1 fully saturated rings. The SMILES string of the molecule is CCCC(C)CCC.CCc1ccccc1.Cc1ccc([C@@H]2OC(=O)C[C@H]2C(=O)CCC(N)=O)cc1. The summed E-state index contributed by atoms with van der Waals surface area (Å²) in [6.45, 7) is 11.0. The van der Waals surface area contributed by atoms with Crippen molar-refractivity contribution in [1.29, 1.82) is 0 Å². The van der Waals surface area contributed by atoms with Gasteiger partial charge in [0.1, 0.15) is 11.9 Å². The summed E-state index contributed by atoms with van der Waals surface area (Å²) < 4.78 is 5.25. The van der Waals surface area contributed by atoms with Crippen LogP contribution in [0.2, 0.25) is 0 Å². The molecule has 1 amide bonds. The number of nitrogens with two attached hydrogens (primary N) is 1. The molecular formula is C31H45NO4. The number of benzene rings is 2. The van der Waals surface area contributed by atoms with Gasteiger partial charge in [-0.15, -0.1) is 0 Å². The lowest BCUT2D eigenvalue weighted by Gasteiger charge is -2.17. The maximum absolute atomic E-state index is 12.1. The average molecular weight is 496 g/mol. The summed E-state index contributed by atoms with van der Waals surface area (Å²) in [5, 5.41) is 0. The first kappa shape index (κ1) is 31.1. The minimum absolute atomic E-state index is 0.00411. The third-order valence-electron chi connectivity index (χ3n) is 6.26. The number of amides is 1. The molecule has 5 nitrogen and oxygen atoms in total. The predicted octanol–water partition coefficient (Wildman–Crippen LogP) is 6.91. The van der Waals surface area contributed by atoms with Crippen molar-refractivity contribution in [2.45, 2.75) is 92.1 Å². The Hall–Kier alpha value is -2.95. The van der Waals surface area contributed by atoms with E-state index >= 15 is 0 Å². The molecule has 2 atom stereocenters. The molecule has 3 rings (SSSR count). The predicted molar refractivity (Wildman–Crippen MR) is 146 cm³/mol. The van der Waals surface area contributed by atoms with Crippen LogP contribution in [-0.2, 0) is 25.5 Å². The van der Waals surface area contributed by atoms with Gasteiger partial charge in [-0.3, -0.25) is 14.4 Å². The Kier molecular flexibility index (Phi) is 15.1. The number of aryl methyl sites for hydroxylation is 2. The molecule has 198 valence electrons. The maximum atomic E-state index is 12.1. The third kappa shape index (κ3) is 12.1. The van der Waals surface area contributed by atoms with E-state index in [4.69, 9.17) is 10.5 Å². The number of esters is 1. The summed E-state index contributed by atoms with van der Waals surface area (Å²) in [6.07, 6.45) is 6.23. The van der Waals surface area contributed by atoms with Crippen LogP contribution in [0.15, 0.2) is 54.6 Å². The van der Waals surface area contributed by atoms with Gasteiger partial charge in [0.05, 0.1) is 12.3 Å². The Morgan fingerprint density at radius 2 is 1.53 bits per heavy atom. The van der Waals surface area contributed by atoms with Crippen LogP contribution in [0.25, 0.3) is 0 Å². The second-order valence-electron chi connectivity index (χ2n) is 9.59. The monoisotopic (exact) mass is 495 g/mol. The lowest BCUT2D eigenvalue weighted by Crippen LogP contribution is -2.21. The molecule has 0 spiro atoms. The zero-order chi connectivity index (χ0) is 26.9. The molecular weight excluding hydrogens is 450 g/mol. The number of rotatable bonds is 10. The summed E-state index contributed by atoms with van der Waals surface area (Å²) in [6, 6.07) is 18.0. The van der Waals surface area contributed by atoms with Gasteiger partial charge >= 0.3 is 5.97 Å². The van der Waals surface area contributed by atoms with E-state index in [1.807, 2.05) is 37.3 Å². The molecule has 0 bridgehead atoms. The van der Waals surface area contributed by atoms with Gasteiger partial charge in [-0.1, -0.05) is 114 Å². The van der Waals surface area contributed by atoms with Crippen LogP contribution in [0.3, 0.4) is 0 Å². The van der Waals surface area contributed by atoms with Crippen molar-refractivity contribution in [2.24, 2.45) is 17.6 Å². The number of ketones is 1. The number of Topliss-reactive ketones (excluding diaryl/α,β-unsaturated/α-hetero) is 1. The van der Waals surface area contributed by atoms with Crippen molar-refractivity contribution in [3.05, 3.63) is 71.3 Å². The highest BCUT2D eigenvalue weighted by molar-refractivity contribution is 5.90. The number of ether oxygens (including phenoxy) is 1. The Labute approximate surface area is 217 Å². The Bertz CT molecular complexity index is 902. The molecule has 1 aliphatic heterocycles.